The molecule has 0 fully saturated rings. The van der Waals surface area contributed by atoms with Crippen molar-refractivity contribution in [3.05, 3.63) is 24.3 Å². The first-order valence-corrected chi connectivity index (χ1v) is 22.6. The topological polar surface area (TPSA) is 89.8 Å². The van der Waals surface area contributed by atoms with Crippen molar-refractivity contribution in [1.82, 2.24) is 5.32 Å². The van der Waals surface area contributed by atoms with E-state index >= 15 is 0 Å². The molecule has 51 heavy (non-hydrogen) atoms. The van der Waals surface area contributed by atoms with Gasteiger partial charge in [-0.2, -0.15) is 0 Å². The number of aliphatic hydroxyl groups excluding tert-OH is 3. The van der Waals surface area contributed by atoms with Gasteiger partial charge in [0.15, 0.2) is 0 Å². The van der Waals surface area contributed by atoms with Crippen LogP contribution < -0.4 is 5.32 Å². The Balaban J connectivity index is 3.67. The van der Waals surface area contributed by atoms with Crippen molar-refractivity contribution in [3.63, 3.8) is 0 Å². The smallest absolute Gasteiger partial charge is 0.222 e. The van der Waals surface area contributed by atoms with Crippen LogP contribution in [0.3, 0.4) is 0 Å². The fourth-order valence-corrected chi connectivity index (χ4v) is 6.98. The summed E-state index contributed by atoms with van der Waals surface area (Å²) in [5.41, 5.74) is 0. The van der Waals surface area contributed by atoms with Crippen LogP contribution in [0.1, 0.15) is 239 Å². The SMILES string of the molecule is CCCCCCCCCCC/C=C\CCCCCCCC(O)CC(=O)NC(CO)C(O)/C=C/CCCCCCCCCCCCCCCCCC. The van der Waals surface area contributed by atoms with Crippen LogP contribution in [-0.2, 0) is 4.79 Å². The van der Waals surface area contributed by atoms with Crippen molar-refractivity contribution in [2.75, 3.05) is 6.61 Å². The van der Waals surface area contributed by atoms with Crippen LogP contribution in [0, 0.1) is 0 Å². The third kappa shape index (κ3) is 38.4. The summed E-state index contributed by atoms with van der Waals surface area (Å²) in [7, 11) is 0. The molecule has 3 atom stereocenters. The molecule has 0 radical (unpaired) electrons. The lowest BCUT2D eigenvalue weighted by molar-refractivity contribution is -0.124. The van der Waals surface area contributed by atoms with E-state index in [-0.39, 0.29) is 18.9 Å². The van der Waals surface area contributed by atoms with E-state index < -0.39 is 18.2 Å². The number of nitrogens with one attached hydrogen (secondary N) is 1. The molecule has 0 spiro atoms. The summed E-state index contributed by atoms with van der Waals surface area (Å²) >= 11 is 0. The lowest BCUT2D eigenvalue weighted by Crippen LogP contribution is -2.45. The molecule has 0 aliphatic heterocycles. The minimum atomic E-state index is -0.929. The van der Waals surface area contributed by atoms with E-state index in [1.54, 1.807) is 6.08 Å². The van der Waals surface area contributed by atoms with Crippen molar-refractivity contribution in [2.24, 2.45) is 0 Å². The summed E-state index contributed by atoms with van der Waals surface area (Å²) in [4.78, 5) is 12.4. The molecule has 0 saturated carbocycles. The maximum atomic E-state index is 12.4. The summed E-state index contributed by atoms with van der Waals surface area (Å²) in [6.45, 7) is 4.22. The van der Waals surface area contributed by atoms with Gasteiger partial charge in [0.2, 0.25) is 5.91 Å². The first kappa shape index (κ1) is 49.8. The van der Waals surface area contributed by atoms with Gasteiger partial charge >= 0.3 is 0 Å². The third-order valence-corrected chi connectivity index (χ3v) is 10.5. The normalized spacial score (nSPS) is 13.7. The number of rotatable bonds is 41. The van der Waals surface area contributed by atoms with Crippen molar-refractivity contribution < 1.29 is 20.1 Å². The molecule has 1 amide bonds. The zero-order valence-electron chi connectivity index (χ0n) is 34.2. The van der Waals surface area contributed by atoms with Gasteiger partial charge in [0.25, 0.3) is 0 Å². The molecule has 0 heterocycles. The van der Waals surface area contributed by atoms with Gasteiger partial charge in [-0.05, 0) is 44.9 Å². The molecule has 5 heteroatoms. The highest BCUT2D eigenvalue weighted by molar-refractivity contribution is 5.76. The van der Waals surface area contributed by atoms with Crippen LogP contribution in [0.25, 0.3) is 0 Å². The van der Waals surface area contributed by atoms with Crippen LogP contribution in [0.5, 0.6) is 0 Å². The molecule has 0 aliphatic carbocycles. The lowest BCUT2D eigenvalue weighted by Gasteiger charge is -2.21. The van der Waals surface area contributed by atoms with Crippen LogP contribution in [0.4, 0.5) is 0 Å². The maximum absolute atomic E-state index is 12.4. The van der Waals surface area contributed by atoms with Crippen molar-refractivity contribution in [3.8, 4) is 0 Å². The molecule has 0 saturated heterocycles. The molecule has 0 aromatic carbocycles. The number of unbranched alkanes of at least 4 members (excludes halogenated alkanes) is 30. The molecular weight excluding hydrogens is 631 g/mol. The molecule has 3 unspecified atom stereocenters. The second kappa shape index (κ2) is 41.6. The average Bonchev–Trinajstić information content (AvgIpc) is 3.12. The molecule has 302 valence electrons. The van der Waals surface area contributed by atoms with Crippen LogP contribution in [-0.4, -0.2) is 46.1 Å². The predicted molar refractivity (Wildman–Crippen MR) is 222 cm³/mol. The Morgan fingerprint density at radius 3 is 1.20 bits per heavy atom. The number of aliphatic hydroxyl groups is 3. The summed E-state index contributed by atoms with van der Waals surface area (Å²) < 4.78 is 0. The summed E-state index contributed by atoms with van der Waals surface area (Å²) in [6, 6.07) is -0.745. The van der Waals surface area contributed by atoms with Gasteiger partial charge in [0.1, 0.15) is 0 Å². The van der Waals surface area contributed by atoms with Crippen molar-refractivity contribution in [2.45, 2.75) is 257 Å². The number of carbonyl (C=O) groups is 1. The molecule has 0 rings (SSSR count). The number of carbonyl (C=O) groups excluding carboxylic acids is 1. The fraction of sp³-hybridized carbons (Fsp3) is 0.891. The highest BCUT2D eigenvalue weighted by atomic mass is 16.3. The summed E-state index contributed by atoms with van der Waals surface area (Å²) in [5.74, 6) is -0.319. The Bertz CT molecular complexity index is 754. The minimum absolute atomic E-state index is 0.00980. The molecule has 0 bridgehead atoms. The first-order chi connectivity index (χ1) is 25.0. The molecule has 4 N–H and O–H groups in total. The number of allylic oxidation sites excluding steroid dienone is 3. The highest BCUT2D eigenvalue weighted by Gasteiger charge is 2.20. The molecule has 0 aliphatic rings. The zero-order valence-corrected chi connectivity index (χ0v) is 34.2. The lowest BCUT2D eigenvalue weighted by atomic mass is 10.0. The Kier molecular flexibility index (Phi) is 40.6. The van der Waals surface area contributed by atoms with E-state index in [0.29, 0.717) is 6.42 Å². The van der Waals surface area contributed by atoms with E-state index in [1.807, 2.05) is 6.08 Å². The quantitative estimate of drug-likeness (QED) is 0.0374. The van der Waals surface area contributed by atoms with Crippen molar-refractivity contribution >= 4 is 5.91 Å². The first-order valence-electron chi connectivity index (χ1n) is 22.6. The Morgan fingerprint density at radius 2 is 0.824 bits per heavy atom. The molecule has 0 aromatic rings. The van der Waals surface area contributed by atoms with Crippen LogP contribution >= 0.6 is 0 Å². The van der Waals surface area contributed by atoms with E-state index in [1.165, 1.54) is 173 Å². The second-order valence-electron chi connectivity index (χ2n) is 15.7. The monoisotopic (exact) mass is 720 g/mol. The van der Waals surface area contributed by atoms with E-state index in [4.69, 9.17) is 0 Å². The molecular formula is C46H89NO4. The molecule has 5 nitrogen and oxygen atoms in total. The zero-order chi connectivity index (χ0) is 37.3. The van der Waals surface area contributed by atoms with Gasteiger partial charge in [-0.1, -0.05) is 212 Å². The fourth-order valence-electron chi connectivity index (χ4n) is 6.98. The average molecular weight is 720 g/mol. The maximum Gasteiger partial charge on any atom is 0.222 e. The molecule has 0 aromatic heterocycles. The summed E-state index contributed by atoms with van der Waals surface area (Å²) in [5, 5.41) is 33.3. The van der Waals surface area contributed by atoms with E-state index in [2.05, 4.69) is 31.3 Å². The van der Waals surface area contributed by atoms with Gasteiger partial charge in [0, 0.05) is 0 Å². The third-order valence-electron chi connectivity index (χ3n) is 10.5. The Morgan fingerprint density at radius 1 is 0.490 bits per heavy atom. The number of amides is 1. The predicted octanol–water partition coefficient (Wildman–Crippen LogP) is 13.0. The Hall–Kier alpha value is -1.17. The Labute approximate surface area is 318 Å². The summed E-state index contributed by atoms with van der Waals surface area (Å²) in [6.07, 6.45) is 50.3. The largest absolute Gasteiger partial charge is 0.394 e. The van der Waals surface area contributed by atoms with E-state index in [0.717, 1.165) is 38.5 Å². The van der Waals surface area contributed by atoms with Crippen molar-refractivity contribution in [1.29, 1.82) is 0 Å². The van der Waals surface area contributed by atoms with Gasteiger partial charge in [-0.3, -0.25) is 4.79 Å². The van der Waals surface area contributed by atoms with Gasteiger partial charge in [-0.15, -0.1) is 0 Å². The van der Waals surface area contributed by atoms with Gasteiger partial charge < -0.3 is 20.6 Å². The highest BCUT2D eigenvalue weighted by Crippen LogP contribution is 2.15. The van der Waals surface area contributed by atoms with Gasteiger partial charge in [0.05, 0.1) is 31.3 Å². The number of hydrogen-bond donors (Lipinski definition) is 4. The standard InChI is InChI=1S/C46H89NO4/c1-3-5-7-9-11-13-15-17-19-21-23-25-27-29-31-33-35-37-39-43(49)41-46(51)47-44(42-48)45(50)40-38-36-34-32-30-28-26-24-22-20-18-16-14-12-10-8-6-4-2/h23,25,38,40,43-45,48-50H,3-22,24,26-37,39,41-42H2,1-2H3,(H,47,51)/b25-23-,40-38+. The second-order valence-corrected chi connectivity index (χ2v) is 15.7. The van der Waals surface area contributed by atoms with Crippen LogP contribution in [0.2, 0.25) is 0 Å². The van der Waals surface area contributed by atoms with Crippen LogP contribution in [0.15, 0.2) is 24.3 Å². The number of hydrogen-bond acceptors (Lipinski definition) is 4. The van der Waals surface area contributed by atoms with E-state index in [9.17, 15) is 20.1 Å². The van der Waals surface area contributed by atoms with Gasteiger partial charge in [-0.25, -0.2) is 0 Å². The minimum Gasteiger partial charge on any atom is -0.394 e.